The quantitative estimate of drug-likeness (QED) is 0.608. The lowest BCUT2D eigenvalue weighted by atomic mass is 10.2. The molecule has 21 heavy (non-hydrogen) atoms. The highest BCUT2D eigenvalue weighted by Crippen LogP contribution is 2.35. The van der Waals surface area contributed by atoms with Gasteiger partial charge in [0.05, 0.1) is 5.52 Å². The van der Waals surface area contributed by atoms with E-state index in [0.717, 1.165) is 30.4 Å². The number of pyridine rings is 1. The molecule has 4 rings (SSSR count). The molecule has 0 bridgehead atoms. The molecule has 108 valence electrons. The smallest absolute Gasteiger partial charge is 0.326 e. The minimum Gasteiger partial charge on any atom is -1.00 e. The summed E-state index contributed by atoms with van der Waals surface area (Å²) in [6.45, 7) is 0.813. The van der Waals surface area contributed by atoms with Crippen LogP contribution in [0.3, 0.4) is 0 Å². The van der Waals surface area contributed by atoms with Gasteiger partial charge in [-0.2, -0.15) is 4.57 Å². The first-order valence-electron chi connectivity index (χ1n) is 6.98. The van der Waals surface area contributed by atoms with E-state index in [2.05, 4.69) is 21.7 Å². The lowest BCUT2D eigenvalue weighted by Gasteiger charge is -2.00. The highest BCUT2D eigenvalue weighted by Gasteiger charge is 2.27. The van der Waals surface area contributed by atoms with Gasteiger partial charge in [0.15, 0.2) is 18.9 Å². The zero-order valence-corrected chi connectivity index (χ0v) is 13.1. The molecule has 5 heteroatoms. The third-order valence-corrected chi connectivity index (χ3v) is 3.83. The zero-order valence-electron chi connectivity index (χ0n) is 11.5. The summed E-state index contributed by atoms with van der Waals surface area (Å²) < 4.78 is 3.99. The van der Waals surface area contributed by atoms with E-state index < -0.39 is 0 Å². The number of benzene rings is 1. The van der Waals surface area contributed by atoms with E-state index >= 15 is 0 Å². The summed E-state index contributed by atoms with van der Waals surface area (Å²) >= 11 is 0. The van der Waals surface area contributed by atoms with E-state index in [-0.39, 0.29) is 22.7 Å². The molecule has 2 heterocycles. The molecule has 1 saturated carbocycles. The molecule has 0 aliphatic heterocycles. The molecule has 0 spiro atoms. The van der Waals surface area contributed by atoms with Crippen molar-refractivity contribution in [1.29, 1.82) is 0 Å². The predicted octanol–water partition coefficient (Wildman–Crippen LogP) is -0.996. The second kappa shape index (κ2) is 5.48. The molecule has 1 fully saturated rings. The lowest BCUT2D eigenvalue weighted by molar-refractivity contribution is -0.687. The first kappa shape index (κ1) is 14.1. The predicted molar refractivity (Wildman–Crippen MR) is 76.6 cm³/mol. The summed E-state index contributed by atoms with van der Waals surface area (Å²) in [7, 11) is 0. The van der Waals surface area contributed by atoms with Gasteiger partial charge in [0, 0.05) is 17.7 Å². The summed E-state index contributed by atoms with van der Waals surface area (Å²) in [6.07, 6.45) is 6.29. The highest BCUT2D eigenvalue weighted by molar-refractivity contribution is 5.73. The Morgan fingerprint density at radius 3 is 2.67 bits per heavy atom. The standard InChI is InChI=1S/C16H15N3O.BrH/c20-16-17-14-11-18(10-12-4-2-1-3-5-12)9-8-15(14)19(16)13-6-7-13;/h1-5,8-9,11,13H,6-7,10H2;1H. The van der Waals surface area contributed by atoms with Crippen molar-refractivity contribution in [2.75, 3.05) is 0 Å². The van der Waals surface area contributed by atoms with E-state index in [1.165, 1.54) is 5.56 Å². The first-order valence-corrected chi connectivity index (χ1v) is 6.98. The number of hydrogen-bond donors (Lipinski definition) is 1. The van der Waals surface area contributed by atoms with Gasteiger partial charge in [0.2, 0.25) is 0 Å². The Labute approximate surface area is 132 Å². The molecule has 1 aliphatic rings. The minimum atomic E-state index is 0. The maximum Gasteiger partial charge on any atom is 0.326 e. The summed E-state index contributed by atoms with van der Waals surface area (Å²) in [6, 6.07) is 12.8. The van der Waals surface area contributed by atoms with E-state index in [0.29, 0.717) is 6.04 Å². The van der Waals surface area contributed by atoms with Crippen molar-refractivity contribution in [3.8, 4) is 0 Å². The van der Waals surface area contributed by atoms with Crippen LogP contribution in [0.2, 0.25) is 0 Å². The largest absolute Gasteiger partial charge is 1.00 e. The molecule has 3 aromatic rings. The van der Waals surface area contributed by atoms with Crippen LogP contribution < -0.4 is 27.2 Å². The third kappa shape index (κ3) is 2.65. The van der Waals surface area contributed by atoms with Crippen LogP contribution in [0, 0.1) is 0 Å². The molecule has 0 saturated heterocycles. The molecule has 1 aliphatic carbocycles. The highest BCUT2D eigenvalue weighted by atomic mass is 79.9. The van der Waals surface area contributed by atoms with Crippen LogP contribution in [-0.4, -0.2) is 9.55 Å². The second-order valence-corrected chi connectivity index (χ2v) is 5.43. The van der Waals surface area contributed by atoms with E-state index in [1.54, 1.807) is 0 Å². The van der Waals surface area contributed by atoms with Crippen LogP contribution in [0.1, 0.15) is 24.4 Å². The fraction of sp³-hybridized carbons (Fsp3) is 0.250. The number of H-pyrrole nitrogens is 1. The van der Waals surface area contributed by atoms with Crippen LogP contribution in [-0.2, 0) is 6.54 Å². The lowest BCUT2D eigenvalue weighted by Crippen LogP contribution is -3.00. The fourth-order valence-electron chi connectivity index (χ4n) is 2.71. The number of imidazole rings is 1. The normalized spacial score (nSPS) is 14.1. The summed E-state index contributed by atoms with van der Waals surface area (Å²) in [5, 5.41) is 0. The van der Waals surface area contributed by atoms with Crippen molar-refractivity contribution in [2.45, 2.75) is 25.4 Å². The number of rotatable bonds is 3. The molecule has 0 radical (unpaired) electrons. The van der Waals surface area contributed by atoms with E-state index in [9.17, 15) is 4.79 Å². The molecule has 1 aromatic carbocycles. The van der Waals surface area contributed by atoms with Crippen molar-refractivity contribution in [1.82, 2.24) is 9.55 Å². The Balaban J connectivity index is 0.00000132. The Morgan fingerprint density at radius 1 is 1.19 bits per heavy atom. The fourth-order valence-corrected chi connectivity index (χ4v) is 2.71. The molecular formula is C16H16BrN3O. The van der Waals surface area contributed by atoms with Gasteiger partial charge in [-0.05, 0) is 12.8 Å². The number of halogens is 1. The third-order valence-electron chi connectivity index (χ3n) is 3.83. The van der Waals surface area contributed by atoms with Crippen LogP contribution in [0.25, 0.3) is 11.0 Å². The second-order valence-electron chi connectivity index (χ2n) is 5.43. The molecule has 2 aromatic heterocycles. The van der Waals surface area contributed by atoms with Gasteiger partial charge in [0.1, 0.15) is 5.52 Å². The SMILES string of the molecule is O=c1[nH]c2c[n+](Cc3ccccc3)ccc2n1C1CC1.[Br-]. The number of nitrogens with one attached hydrogen (secondary N) is 1. The Kier molecular flexibility index (Phi) is 3.68. The average molecular weight is 346 g/mol. The van der Waals surface area contributed by atoms with Gasteiger partial charge < -0.3 is 22.0 Å². The molecule has 0 unspecified atom stereocenters. The van der Waals surface area contributed by atoms with Crippen molar-refractivity contribution in [2.24, 2.45) is 0 Å². The Bertz CT molecular complexity index is 818. The summed E-state index contributed by atoms with van der Waals surface area (Å²) in [4.78, 5) is 14.9. The Morgan fingerprint density at radius 2 is 1.95 bits per heavy atom. The van der Waals surface area contributed by atoms with E-state index in [4.69, 9.17) is 0 Å². The molecule has 4 nitrogen and oxygen atoms in total. The number of hydrogen-bond acceptors (Lipinski definition) is 1. The summed E-state index contributed by atoms with van der Waals surface area (Å²) in [5.74, 6) is 0. The van der Waals surface area contributed by atoms with Gasteiger partial charge in [-0.25, -0.2) is 4.79 Å². The average Bonchev–Trinajstić information content (AvgIpc) is 3.23. The van der Waals surface area contributed by atoms with Crippen LogP contribution >= 0.6 is 0 Å². The molecule has 1 N–H and O–H groups in total. The topological polar surface area (TPSA) is 41.7 Å². The van der Waals surface area contributed by atoms with Gasteiger partial charge in [-0.1, -0.05) is 30.3 Å². The van der Waals surface area contributed by atoms with Gasteiger partial charge in [0.25, 0.3) is 0 Å². The number of aromatic nitrogens is 3. The van der Waals surface area contributed by atoms with Crippen molar-refractivity contribution in [3.05, 3.63) is 64.8 Å². The monoisotopic (exact) mass is 345 g/mol. The number of fused-ring (bicyclic) bond motifs is 1. The zero-order chi connectivity index (χ0) is 13.5. The minimum absolute atomic E-state index is 0. The number of nitrogens with zero attached hydrogens (tertiary/aromatic N) is 2. The van der Waals surface area contributed by atoms with Crippen LogP contribution in [0.15, 0.2) is 53.6 Å². The van der Waals surface area contributed by atoms with Crippen molar-refractivity contribution in [3.63, 3.8) is 0 Å². The van der Waals surface area contributed by atoms with Crippen LogP contribution in [0.5, 0.6) is 0 Å². The number of aromatic amines is 1. The maximum atomic E-state index is 12.0. The molecule has 0 amide bonds. The van der Waals surface area contributed by atoms with Crippen molar-refractivity contribution < 1.29 is 21.5 Å². The molecular weight excluding hydrogens is 330 g/mol. The van der Waals surface area contributed by atoms with E-state index in [1.807, 2.05) is 41.2 Å². The summed E-state index contributed by atoms with van der Waals surface area (Å²) in [5.41, 5.74) is 3.20. The van der Waals surface area contributed by atoms with Gasteiger partial charge >= 0.3 is 5.69 Å². The van der Waals surface area contributed by atoms with Crippen molar-refractivity contribution >= 4 is 11.0 Å². The van der Waals surface area contributed by atoms with Gasteiger partial charge in [-0.3, -0.25) is 4.57 Å². The van der Waals surface area contributed by atoms with Crippen LogP contribution in [0.4, 0.5) is 0 Å². The first-order chi connectivity index (χ1) is 9.81. The molecule has 0 atom stereocenters. The Hall–Kier alpha value is -1.88. The van der Waals surface area contributed by atoms with Gasteiger partial charge in [-0.15, -0.1) is 0 Å². The maximum absolute atomic E-state index is 12.0.